The van der Waals surface area contributed by atoms with Gasteiger partial charge in [-0.1, -0.05) is 36.4 Å². The minimum absolute atomic E-state index is 0.0298. The standard InChI is InChI=1S/C21H20N4O/c26-20(14-25-19-9-3-5-15-6-4-11-23-21(15)19)22-12-10-16-13-24-18-8-2-1-7-17(16)18/h1-9,11,13,24-25H,10,12,14H2,(H,22,26). The van der Waals surface area contributed by atoms with Crippen molar-refractivity contribution in [1.29, 1.82) is 0 Å². The number of aromatic nitrogens is 2. The molecular formula is C21H20N4O. The van der Waals surface area contributed by atoms with Crippen molar-refractivity contribution in [2.24, 2.45) is 0 Å². The third-order valence-electron chi connectivity index (χ3n) is 4.46. The van der Waals surface area contributed by atoms with Gasteiger partial charge in [0.15, 0.2) is 0 Å². The summed E-state index contributed by atoms with van der Waals surface area (Å²) in [5.74, 6) is -0.0298. The van der Waals surface area contributed by atoms with Crippen LogP contribution in [0, 0.1) is 0 Å². The molecule has 4 aromatic rings. The Morgan fingerprint density at radius 3 is 2.88 bits per heavy atom. The summed E-state index contributed by atoms with van der Waals surface area (Å²) < 4.78 is 0. The highest BCUT2D eigenvalue weighted by atomic mass is 16.1. The Bertz CT molecular complexity index is 1050. The fourth-order valence-corrected chi connectivity index (χ4v) is 3.16. The van der Waals surface area contributed by atoms with Gasteiger partial charge in [-0.3, -0.25) is 9.78 Å². The Kier molecular flexibility index (Phi) is 4.51. The minimum Gasteiger partial charge on any atom is -0.374 e. The van der Waals surface area contributed by atoms with Gasteiger partial charge in [-0.25, -0.2) is 0 Å². The fraction of sp³-hybridized carbons (Fsp3) is 0.143. The number of rotatable bonds is 6. The molecule has 0 unspecified atom stereocenters. The predicted octanol–water partition coefficient (Wildman–Crippen LogP) is 3.49. The molecule has 4 rings (SSSR count). The SMILES string of the molecule is O=C(CNc1cccc2cccnc12)NCCc1c[nH]c2ccccc12. The van der Waals surface area contributed by atoms with Crippen LogP contribution < -0.4 is 10.6 Å². The molecule has 2 heterocycles. The van der Waals surface area contributed by atoms with Crippen LogP contribution in [-0.4, -0.2) is 29.0 Å². The highest BCUT2D eigenvalue weighted by molar-refractivity contribution is 5.92. The van der Waals surface area contributed by atoms with Crippen molar-refractivity contribution in [3.05, 3.63) is 72.6 Å². The van der Waals surface area contributed by atoms with Gasteiger partial charge < -0.3 is 15.6 Å². The molecule has 26 heavy (non-hydrogen) atoms. The zero-order chi connectivity index (χ0) is 17.8. The number of hydrogen-bond donors (Lipinski definition) is 3. The smallest absolute Gasteiger partial charge is 0.239 e. The average molecular weight is 344 g/mol. The molecule has 0 fully saturated rings. The maximum atomic E-state index is 12.1. The number of nitrogens with zero attached hydrogens (tertiary/aromatic N) is 1. The molecule has 2 aromatic heterocycles. The number of carbonyl (C=O) groups excluding carboxylic acids is 1. The first kappa shape index (κ1) is 16.1. The van der Waals surface area contributed by atoms with E-state index >= 15 is 0 Å². The molecule has 0 aliphatic heterocycles. The molecule has 3 N–H and O–H groups in total. The van der Waals surface area contributed by atoms with E-state index in [0.29, 0.717) is 6.54 Å². The second-order valence-corrected chi connectivity index (χ2v) is 6.19. The topological polar surface area (TPSA) is 69.8 Å². The number of para-hydroxylation sites is 2. The third-order valence-corrected chi connectivity index (χ3v) is 4.46. The second kappa shape index (κ2) is 7.27. The first-order valence-corrected chi connectivity index (χ1v) is 8.70. The zero-order valence-corrected chi connectivity index (χ0v) is 14.3. The van der Waals surface area contributed by atoms with Crippen molar-refractivity contribution in [3.63, 3.8) is 0 Å². The molecule has 1 amide bonds. The lowest BCUT2D eigenvalue weighted by Crippen LogP contribution is -2.31. The van der Waals surface area contributed by atoms with Gasteiger partial charge in [0.2, 0.25) is 5.91 Å². The normalized spacial score (nSPS) is 10.9. The number of amides is 1. The monoisotopic (exact) mass is 344 g/mol. The van der Waals surface area contributed by atoms with Gasteiger partial charge in [0, 0.05) is 35.2 Å². The Balaban J connectivity index is 1.31. The Labute approximate surface area is 151 Å². The highest BCUT2D eigenvalue weighted by Crippen LogP contribution is 2.20. The molecular weight excluding hydrogens is 324 g/mol. The van der Waals surface area contributed by atoms with Crippen LogP contribution >= 0.6 is 0 Å². The van der Waals surface area contributed by atoms with Gasteiger partial charge in [0.05, 0.1) is 17.7 Å². The van der Waals surface area contributed by atoms with Gasteiger partial charge in [0.25, 0.3) is 0 Å². The van der Waals surface area contributed by atoms with Crippen LogP contribution in [-0.2, 0) is 11.2 Å². The molecule has 0 radical (unpaired) electrons. The van der Waals surface area contributed by atoms with Crippen molar-refractivity contribution < 1.29 is 4.79 Å². The summed E-state index contributed by atoms with van der Waals surface area (Å²) >= 11 is 0. The summed E-state index contributed by atoms with van der Waals surface area (Å²) in [4.78, 5) is 19.8. The van der Waals surface area contributed by atoms with E-state index < -0.39 is 0 Å². The molecule has 0 saturated heterocycles. The number of nitrogens with one attached hydrogen (secondary N) is 3. The van der Waals surface area contributed by atoms with E-state index in [0.717, 1.165) is 28.5 Å². The van der Waals surface area contributed by atoms with Crippen LogP contribution in [0.4, 0.5) is 5.69 Å². The second-order valence-electron chi connectivity index (χ2n) is 6.19. The molecule has 0 aliphatic carbocycles. The quantitative estimate of drug-likeness (QED) is 0.501. The summed E-state index contributed by atoms with van der Waals surface area (Å²) in [6.45, 7) is 0.833. The van der Waals surface area contributed by atoms with E-state index in [1.54, 1.807) is 6.20 Å². The Hall–Kier alpha value is -3.34. The van der Waals surface area contributed by atoms with Crippen molar-refractivity contribution >= 4 is 33.4 Å². The number of pyridine rings is 1. The summed E-state index contributed by atoms with van der Waals surface area (Å²) in [5.41, 5.74) is 4.09. The van der Waals surface area contributed by atoms with Crippen LogP contribution in [0.3, 0.4) is 0 Å². The molecule has 0 atom stereocenters. The van der Waals surface area contributed by atoms with E-state index in [4.69, 9.17) is 0 Å². The van der Waals surface area contributed by atoms with Crippen LogP contribution in [0.25, 0.3) is 21.8 Å². The lowest BCUT2D eigenvalue weighted by Gasteiger charge is -2.09. The van der Waals surface area contributed by atoms with Gasteiger partial charge in [-0.15, -0.1) is 0 Å². The van der Waals surface area contributed by atoms with Crippen LogP contribution in [0.15, 0.2) is 67.0 Å². The summed E-state index contributed by atoms with van der Waals surface area (Å²) in [5, 5.41) is 8.41. The first-order chi connectivity index (χ1) is 12.8. The lowest BCUT2D eigenvalue weighted by atomic mass is 10.1. The van der Waals surface area contributed by atoms with Crippen molar-refractivity contribution in [1.82, 2.24) is 15.3 Å². The third kappa shape index (κ3) is 3.37. The molecule has 2 aromatic carbocycles. The summed E-state index contributed by atoms with van der Waals surface area (Å²) in [6.07, 6.45) is 4.57. The molecule has 0 bridgehead atoms. The molecule has 5 nitrogen and oxygen atoms in total. The largest absolute Gasteiger partial charge is 0.374 e. The van der Waals surface area contributed by atoms with Crippen LogP contribution in [0.1, 0.15) is 5.56 Å². The number of anilines is 1. The Morgan fingerprint density at radius 2 is 1.92 bits per heavy atom. The highest BCUT2D eigenvalue weighted by Gasteiger charge is 2.06. The number of aromatic amines is 1. The zero-order valence-electron chi connectivity index (χ0n) is 14.3. The number of carbonyl (C=O) groups is 1. The molecule has 130 valence electrons. The molecule has 0 aliphatic rings. The van der Waals surface area contributed by atoms with Gasteiger partial charge in [0.1, 0.15) is 0 Å². The predicted molar refractivity (Wildman–Crippen MR) is 105 cm³/mol. The van der Waals surface area contributed by atoms with E-state index in [1.165, 1.54) is 10.9 Å². The summed E-state index contributed by atoms with van der Waals surface area (Å²) in [6, 6.07) is 18.0. The van der Waals surface area contributed by atoms with E-state index in [2.05, 4.69) is 32.7 Å². The number of benzene rings is 2. The number of fused-ring (bicyclic) bond motifs is 2. The summed E-state index contributed by atoms with van der Waals surface area (Å²) in [7, 11) is 0. The van der Waals surface area contributed by atoms with E-state index in [9.17, 15) is 4.79 Å². The fourth-order valence-electron chi connectivity index (χ4n) is 3.16. The molecule has 0 saturated carbocycles. The average Bonchev–Trinajstić information content (AvgIpc) is 3.09. The van der Waals surface area contributed by atoms with Gasteiger partial charge in [-0.2, -0.15) is 0 Å². The molecule has 0 spiro atoms. The minimum atomic E-state index is -0.0298. The van der Waals surface area contributed by atoms with E-state index in [-0.39, 0.29) is 12.5 Å². The maximum Gasteiger partial charge on any atom is 0.239 e. The van der Waals surface area contributed by atoms with Gasteiger partial charge >= 0.3 is 0 Å². The number of hydrogen-bond acceptors (Lipinski definition) is 3. The van der Waals surface area contributed by atoms with Gasteiger partial charge in [-0.05, 0) is 30.2 Å². The Morgan fingerprint density at radius 1 is 1.04 bits per heavy atom. The molecule has 5 heteroatoms. The van der Waals surface area contributed by atoms with Crippen LogP contribution in [0.5, 0.6) is 0 Å². The lowest BCUT2D eigenvalue weighted by molar-refractivity contribution is -0.119. The number of H-pyrrole nitrogens is 1. The van der Waals surface area contributed by atoms with Crippen molar-refractivity contribution in [3.8, 4) is 0 Å². The van der Waals surface area contributed by atoms with Crippen molar-refractivity contribution in [2.75, 3.05) is 18.4 Å². The van der Waals surface area contributed by atoms with E-state index in [1.807, 2.05) is 48.7 Å². The van der Waals surface area contributed by atoms with Crippen molar-refractivity contribution in [2.45, 2.75) is 6.42 Å². The maximum absolute atomic E-state index is 12.1. The first-order valence-electron chi connectivity index (χ1n) is 8.70. The van der Waals surface area contributed by atoms with Crippen LogP contribution in [0.2, 0.25) is 0 Å².